The quantitative estimate of drug-likeness (QED) is 0.863. The largest absolute Gasteiger partial charge is 0.489 e. The summed E-state index contributed by atoms with van der Waals surface area (Å²) < 4.78 is 43.0. The first-order valence-corrected chi connectivity index (χ1v) is 7.23. The lowest BCUT2D eigenvalue weighted by Crippen LogP contribution is -2.28. The van der Waals surface area contributed by atoms with Gasteiger partial charge in [0, 0.05) is 0 Å². The average Bonchev–Trinajstić information content (AvgIpc) is 2.52. The Labute approximate surface area is 137 Å². The van der Waals surface area contributed by atoms with Crippen LogP contribution in [0.15, 0.2) is 48.5 Å². The van der Waals surface area contributed by atoms with Crippen molar-refractivity contribution in [3.63, 3.8) is 0 Å². The predicted octanol–water partition coefficient (Wildman–Crippen LogP) is 4.65. The number of carboxylic acid groups (broad SMARTS) is 1. The fourth-order valence-electron chi connectivity index (χ4n) is 2.05. The molecule has 0 saturated carbocycles. The van der Waals surface area contributed by atoms with Crippen molar-refractivity contribution < 1.29 is 27.8 Å². The molecule has 2 aromatic rings. The normalized spacial score (nSPS) is 12.0. The van der Waals surface area contributed by atoms with E-state index in [0.717, 1.165) is 12.1 Å². The topological polar surface area (TPSA) is 46.5 Å². The molecule has 6 heteroatoms. The van der Waals surface area contributed by atoms with E-state index in [9.17, 15) is 23.1 Å². The minimum Gasteiger partial charge on any atom is -0.489 e. The second kappa shape index (κ2) is 6.55. The number of carboxylic acids is 1. The van der Waals surface area contributed by atoms with Crippen molar-refractivity contribution >= 4 is 5.97 Å². The van der Waals surface area contributed by atoms with Gasteiger partial charge in [-0.05, 0) is 49.2 Å². The van der Waals surface area contributed by atoms with Gasteiger partial charge in [-0.15, -0.1) is 0 Å². The Bertz CT molecular complexity index is 702. The Morgan fingerprint density at radius 1 is 0.958 bits per heavy atom. The maximum absolute atomic E-state index is 12.5. The highest BCUT2D eigenvalue weighted by Gasteiger charge is 2.30. The molecule has 0 saturated heterocycles. The summed E-state index contributed by atoms with van der Waals surface area (Å²) >= 11 is 0. The van der Waals surface area contributed by atoms with Crippen LogP contribution in [0.4, 0.5) is 13.2 Å². The summed E-state index contributed by atoms with van der Waals surface area (Å²) in [5.41, 5.74) is -0.465. The molecule has 3 nitrogen and oxygen atoms in total. The molecule has 2 aromatic carbocycles. The Morgan fingerprint density at radius 3 is 1.92 bits per heavy atom. The SMILES string of the molecule is CC(C)(C(=O)O)c1ccc(OCc2ccc(C(F)(F)F)cc2)cc1. The van der Waals surface area contributed by atoms with Crippen LogP contribution in [0.1, 0.15) is 30.5 Å². The van der Waals surface area contributed by atoms with Crippen LogP contribution < -0.4 is 4.74 Å². The van der Waals surface area contributed by atoms with Gasteiger partial charge in [0.05, 0.1) is 11.0 Å². The Morgan fingerprint density at radius 2 is 1.46 bits per heavy atom. The Hall–Kier alpha value is -2.50. The number of alkyl halides is 3. The van der Waals surface area contributed by atoms with Crippen molar-refractivity contribution in [2.75, 3.05) is 0 Å². The second-order valence-corrected chi connectivity index (χ2v) is 5.94. The van der Waals surface area contributed by atoms with Crippen molar-refractivity contribution in [1.82, 2.24) is 0 Å². The Balaban J connectivity index is 2.01. The summed E-state index contributed by atoms with van der Waals surface area (Å²) in [5, 5.41) is 9.18. The molecule has 0 fully saturated rings. The first-order valence-electron chi connectivity index (χ1n) is 7.23. The third kappa shape index (κ3) is 4.07. The first-order chi connectivity index (χ1) is 11.1. The van der Waals surface area contributed by atoms with E-state index >= 15 is 0 Å². The standard InChI is InChI=1S/C18H17F3O3/c1-17(2,16(22)23)13-7-9-15(10-8-13)24-11-12-3-5-14(6-4-12)18(19,20)21/h3-10H,11H2,1-2H3,(H,22,23). The third-order valence-electron chi connectivity index (χ3n) is 3.80. The molecule has 0 bridgehead atoms. The zero-order valence-corrected chi connectivity index (χ0v) is 13.2. The molecule has 0 atom stereocenters. The van der Waals surface area contributed by atoms with Crippen LogP contribution in [-0.2, 0) is 23.0 Å². The van der Waals surface area contributed by atoms with Crippen LogP contribution in [0.3, 0.4) is 0 Å². The van der Waals surface area contributed by atoms with Gasteiger partial charge in [-0.1, -0.05) is 24.3 Å². The number of hydrogen-bond donors (Lipinski definition) is 1. The van der Waals surface area contributed by atoms with E-state index in [-0.39, 0.29) is 6.61 Å². The molecule has 2 rings (SSSR count). The molecule has 0 amide bonds. The number of carbonyl (C=O) groups is 1. The molecule has 0 aliphatic rings. The molecule has 0 aromatic heterocycles. The maximum Gasteiger partial charge on any atom is 0.416 e. The fraction of sp³-hybridized carbons (Fsp3) is 0.278. The molecule has 0 aliphatic heterocycles. The van der Waals surface area contributed by atoms with Crippen LogP contribution in [-0.4, -0.2) is 11.1 Å². The molecule has 128 valence electrons. The monoisotopic (exact) mass is 338 g/mol. The highest BCUT2D eigenvalue weighted by atomic mass is 19.4. The molecule has 0 heterocycles. The van der Waals surface area contributed by atoms with E-state index < -0.39 is 23.1 Å². The van der Waals surface area contributed by atoms with E-state index in [1.54, 1.807) is 38.1 Å². The lowest BCUT2D eigenvalue weighted by molar-refractivity contribution is -0.142. The number of rotatable bonds is 5. The summed E-state index contributed by atoms with van der Waals surface area (Å²) in [6.07, 6.45) is -4.35. The number of halogens is 3. The van der Waals surface area contributed by atoms with Crippen LogP contribution in [0, 0.1) is 0 Å². The van der Waals surface area contributed by atoms with Crippen LogP contribution in [0.2, 0.25) is 0 Å². The van der Waals surface area contributed by atoms with Crippen molar-refractivity contribution in [1.29, 1.82) is 0 Å². The summed E-state index contributed by atoms with van der Waals surface area (Å²) in [5.74, 6) is -0.416. The van der Waals surface area contributed by atoms with Gasteiger partial charge in [0.25, 0.3) is 0 Å². The zero-order chi connectivity index (χ0) is 18.0. The van der Waals surface area contributed by atoms with Crippen LogP contribution >= 0.6 is 0 Å². The maximum atomic E-state index is 12.5. The summed E-state index contributed by atoms with van der Waals surface area (Å²) in [4.78, 5) is 11.2. The van der Waals surface area contributed by atoms with Crippen molar-refractivity contribution in [2.45, 2.75) is 32.0 Å². The average molecular weight is 338 g/mol. The smallest absolute Gasteiger partial charge is 0.416 e. The van der Waals surface area contributed by atoms with Gasteiger partial charge in [0.1, 0.15) is 12.4 Å². The molecule has 0 spiro atoms. The number of hydrogen-bond acceptors (Lipinski definition) is 2. The fourth-order valence-corrected chi connectivity index (χ4v) is 2.05. The lowest BCUT2D eigenvalue weighted by atomic mass is 9.85. The Kier molecular flexibility index (Phi) is 4.87. The molecule has 0 aliphatic carbocycles. The molecule has 0 unspecified atom stereocenters. The van der Waals surface area contributed by atoms with Gasteiger partial charge in [0.2, 0.25) is 0 Å². The minimum atomic E-state index is -4.35. The third-order valence-corrected chi connectivity index (χ3v) is 3.80. The second-order valence-electron chi connectivity index (χ2n) is 5.94. The lowest BCUT2D eigenvalue weighted by Gasteiger charge is -2.19. The summed E-state index contributed by atoms with van der Waals surface area (Å²) in [6.45, 7) is 3.33. The van der Waals surface area contributed by atoms with Crippen LogP contribution in [0.5, 0.6) is 5.75 Å². The summed E-state index contributed by atoms with van der Waals surface area (Å²) in [6, 6.07) is 11.4. The number of ether oxygens (including phenoxy) is 1. The number of aliphatic carboxylic acids is 1. The minimum absolute atomic E-state index is 0.125. The van der Waals surface area contributed by atoms with Crippen molar-refractivity contribution in [2.24, 2.45) is 0 Å². The number of benzene rings is 2. The summed E-state index contributed by atoms with van der Waals surface area (Å²) in [7, 11) is 0. The van der Waals surface area contributed by atoms with E-state index in [1.165, 1.54) is 12.1 Å². The van der Waals surface area contributed by atoms with Gasteiger partial charge in [-0.25, -0.2) is 0 Å². The van der Waals surface area contributed by atoms with Gasteiger partial charge < -0.3 is 9.84 Å². The molecule has 1 N–H and O–H groups in total. The van der Waals surface area contributed by atoms with E-state index in [0.29, 0.717) is 16.9 Å². The van der Waals surface area contributed by atoms with Gasteiger partial charge in [-0.2, -0.15) is 13.2 Å². The highest BCUT2D eigenvalue weighted by molar-refractivity contribution is 5.80. The molecule has 24 heavy (non-hydrogen) atoms. The molecular formula is C18H17F3O3. The first kappa shape index (κ1) is 17.8. The predicted molar refractivity (Wildman–Crippen MR) is 82.9 cm³/mol. The van der Waals surface area contributed by atoms with Crippen molar-refractivity contribution in [3.05, 3.63) is 65.2 Å². The van der Waals surface area contributed by atoms with E-state index in [4.69, 9.17) is 4.74 Å². The highest BCUT2D eigenvalue weighted by Crippen LogP contribution is 2.29. The molecule has 0 radical (unpaired) electrons. The molecular weight excluding hydrogens is 321 g/mol. The van der Waals surface area contributed by atoms with Gasteiger partial charge in [0.15, 0.2) is 0 Å². The van der Waals surface area contributed by atoms with Gasteiger partial charge >= 0.3 is 12.1 Å². The van der Waals surface area contributed by atoms with Gasteiger partial charge in [-0.3, -0.25) is 4.79 Å². The van der Waals surface area contributed by atoms with Crippen LogP contribution in [0.25, 0.3) is 0 Å². The van der Waals surface area contributed by atoms with E-state index in [2.05, 4.69) is 0 Å². The van der Waals surface area contributed by atoms with Crippen molar-refractivity contribution in [3.8, 4) is 5.75 Å². The van der Waals surface area contributed by atoms with E-state index in [1.807, 2.05) is 0 Å². The zero-order valence-electron chi connectivity index (χ0n) is 13.2.